The number of hydrogen-bond acceptors (Lipinski definition) is 3. The third-order valence-electron chi connectivity index (χ3n) is 5.25. The van der Waals surface area contributed by atoms with Gasteiger partial charge in [0, 0.05) is 40.9 Å². The number of hydrogen-bond donors (Lipinski definition) is 1. The van der Waals surface area contributed by atoms with E-state index in [1.807, 2.05) is 60.7 Å². The molecule has 2 aromatic carbocycles. The van der Waals surface area contributed by atoms with Gasteiger partial charge in [-0.1, -0.05) is 48.0 Å². The van der Waals surface area contributed by atoms with E-state index in [0.29, 0.717) is 21.6 Å². The molecule has 0 saturated heterocycles. The predicted octanol–water partition coefficient (Wildman–Crippen LogP) is 5.63. The Labute approximate surface area is 183 Å². The number of H-pyrrole nitrogens is 1. The van der Waals surface area contributed by atoms with E-state index < -0.39 is 0 Å². The van der Waals surface area contributed by atoms with Gasteiger partial charge in [-0.05, 0) is 29.8 Å². The van der Waals surface area contributed by atoms with Crippen molar-refractivity contribution < 1.29 is 0 Å². The fourth-order valence-electron chi connectivity index (χ4n) is 3.77. The molecular weight excluding hydrogens is 406 g/mol. The second kappa shape index (κ2) is 7.71. The van der Waals surface area contributed by atoms with Crippen LogP contribution >= 0.6 is 11.6 Å². The fraction of sp³-hybridized carbons (Fsp3) is 0.0385. The fourth-order valence-corrected chi connectivity index (χ4v) is 4.05. The van der Waals surface area contributed by atoms with E-state index in [1.165, 1.54) is 0 Å². The van der Waals surface area contributed by atoms with Gasteiger partial charge in [0.15, 0.2) is 5.43 Å². The van der Waals surface area contributed by atoms with Crippen molar-refractivity contribution in [2.45, 2.75) is 6.42 Å². The number of nitrogens with zero attached hydrogens (tertiary/aromatic N) is 2. The number of aromatic nitrogens is 3. The second-order valence-electron chi connectivity index (χ2n) is 7.20. The zero-order valence-corrected chi connectivity index (χ0v) is 17.1. The summed E-state index contributed by atoms with van der Waals surface area (Å²) in [6.07, 6.45) is 9.04. The molecule has 0 aliphatic carbocycles. The summed E-state index contributed by atoms with van der Waals surface area (Å²) in [6.45, 7) is 0. The van der Waals surface area contributed by atoms with Gasteiger partial charge in [-0.2, -0.15) is 0 Å². The Balaban J connectivity index is 1.86. The smallest absolute Gasteiger partial charge is 0.195 e. The first kappa shape index (κ1) is 19.0. The van der Waals surface area contributed by atoms with Crippen molar-refractivity contribution >= 4 is 33.5 Å². The van der Waals surface area contributed by atoms with Crippen molar-refractivity contribution in [2.75, 3.05) is 0 Å². The monoisotopic (exact) mass is 421 g/mol. The molecule has 0 unspecified atom stereocenters. The van der Waals surface area contributed by atoms with Gasteiger partial charge in [-0.3, -0.25) is 9.78 Å². The lowest BCUT2D eigenvalue weighted by molar-refractivity contribution is 1.19. The topological polar surface area (TPSA) is 58.6 Å². The van der Waals surface area contributed by atoms with Crippen molar-refractivity contribution in [2.24, 2.45) is 0 Å². The molecule has 31 heavy (non-hydrogen) atoms. The molecule has 3 aromatic heterocycles. The van der Waals surface area contributed by atoms with Crippen molar-refractivity contribution in [1.29, 1.82) is 0 Å². The average molecular weight is 422 g/mol. The number of aromatic amines is 1. The average Bonchev–Trinajstić information content (AvgIpc) is 2.81. The molecule has 0 spiro atoms. The first-order chi connectivity index (χ1) is 15.2. The molecule has 0 atom stereocenters. The Morgan fingerprint density at radius 1 is 1.03 bits per heavy atom. The highest BCUT2D eigenvalue weighted by Crippen LogP contribution is 2.36. The number of rotatable bonds is 3. The zero-order chi connectivity index (χ0) is 21.4. The van der Waals surface area contributed by atoms with Crippen LogP contribution in [0.25, 0.3) is 44.3 Å². The van der Waals surface area contributed by atoms with Gasteiger partial charge in [0.25, 0.3) is 0 Å². The third-order valence-corrected chi connectivity index (χ3v) is 5.54. The third kappa shape index (κ3) is 3.35. The lowest BCUT2D eigenvalue weighted by atomic mass is 9.96. The van der Waals surface area contributed by atoms with Gasteiger partial charge in [0.2, 0.25) is 0 Å². The van der Waals surface area contributed by atoms with Gasteiger partial charge < -0.3 is 4.98 Å². The highest BCUT2D eigenvalue weighted by Gasteiger charge is 2.16. The van der Waals surface area contributed by atoms with Crippen LogP contribution in [0.4, 0.5) is 0 Å². The molecule has 148 valence electrons. The van der Waals surface area contributed by atoms with Crippen LogP contribution in [0.2, 0.25) is 5.02 Å². The Bertz CT molecular complexity index is 1550. The number of halogens is 1. The van der Waals surface area contributed by atoms with Gasteiger partial charge in [0.05, 0.1) is 21.6 Å². The van der Waals surface area contributed by atoms with Crippen LogP contribution in [-0.2, 0) is 6.42 Å². The molecule has 0 saturated carbocycles. The Hall–Kier alpha value is -3.94. The van der Waals surface area contributed by atoms with Gasteiger partial charge in [-0.25, -0.2) is 4.98 Å². The van der Waals surface area contributed by atoms with E-state index in [9.17, 15) is 4.79 Å². The van der Waals surface area contributed by atoms with Crippen molar-refractivity contribution in [3.8, 4) is 34.7 Å². The molecule has 0 fully saturated rings. The zero-order valence-electron chi connectivity index (χ0n) is 16.4. The highest BCUT2D eigenvalue weighted by molar-refractivity contribution is 6.35. The number of nitrogens with one attached hydrogen (secondary N) is 1. The van der Waals surface area contributed by atoms with Gasteiger partial charge >= 0.3 is 0 Å². The lowest BCUT2D eigenvalue weighted by Gasteiger charge is -2.13. The van der Waals surface area contributed by atoms with Gasteiger partial charge in [-0.15, -0.1) is 12.3 Å². The van der Waals surface area contributed by atoms with Crippen LogP contribution in [0.5, 0.6) is 0 Å². The van der Waals surface area contributed by atoms with E-state index in [0.717, 1.165) is 33.3 Å². The maximum Gasteiger partial charge on any atom is 0.195 e. The number of benzene rings is 2. The summed E-state index contributed by atoms with van der Waals surface area (Å²) in [4.78, 5) is 25.4. The lowest BCUT2D eigenvalue weighted by Crippen LogP contribution is -2.11. The minimum Gasteiger partial charge on any atom is -0.346 e. The summed E-state index contributed by atoms with van der Waals surface area (Å²) in [5, 5.41) is 1.95. The van der Waals surface area contributed by atoms with Crippen LogP contribution in [-0.4, -0.2) is 15.0 Å². The maximum atomic E-state index is 13.0. The van der Waals surface area contributed by atoms with E-state index in [4.69, 9.17) is 23.0 Å². The highest BCUT2D eigenvalue weighted by atomic mass is 35.5. The SMILES string of the molecule is C#CCc1c[nH]c2nc(-c3ccccc3)c(-c3cc(Cl)c4ncccc4c3)cc2c1=O. The van der Waals surface area contributed by atoms with Gasteiger partial charge in [0.1, 0.15) is 5.65 Å². The van der Waals surface area contributed by atoms with Crippen molar-refractivity contribution in [1.82, 2.24) is 15.0 Å². The summed E-state index contributed by atoms with van der Waals surface area (Å²) in [5.41, 5.74) is 5.04. The molecule has 0 amide bonds. The number of terminal acetylenes is 1. The second-order valence-corrected chi connectivity index (χ2v) is 7.61. The molecule has 5 aromatic rings. The summed E-state index contributed by atoms with van der Waals surface area (Å²) < 4.78 is 0. The standard InChI is InChI=1S/C26H16ClN3O/c1-2-7-18-15-29-26-21(25(18)31)14-20(23(30-26)16-8-4-3-5-9-16)19-12-17-10-6-11-28-24(17)22(27)13-19/h1,3-6,8-15H,7H2,(H,29,30,31). The summed E-state index contributed by atoms with van der Waals surface area (Å²) >= 11 is 6.55. The summed E-state index contributed by atoms with van der Waals surface area (Å²) in [7, 11) is 0. The molecule has 5 rings (SSSR count). The quantitative estimate of drug-likeness (QED) is 0.384. The van der Waals surface area contributed by atoms with Crippen LogP contribution < -0.4 is 5.43 Å². The molecule has 4 nitrogen and oxygen atoms in total. The first-order valence-electron chi connectivity index (χ1n) is 9.74. The van der Waals surface area contributed by atoms with Crippen LogP contribution in [0.1, 0.15) is 5.56 Å². The van der Waals surface area contributed by atoms with Crippen LogP contribution in [0.3, 0.4) is 0 Å². The number of pyridine rings is 3. The minimum absolute atomic E-state index is 0.117. The predicted molar refractivity (Wildman–Crippen MR) is 126 cm³/mol. The molecule has 0 aliphatic heterocycles. The Morgan fingerprint density at radius 3 is 2.68 bits per heavy atom. The summed E-state index contributed by atoms with van der Waals surface area (Å²) in [6, 6.07) is 19.5. The molecular formula is C26H16ClN3O. The van der Waals surface area contributed by atoms with Crippen molar-refractivity contribution in [3.05, 3.63) is 93.9 Å². The first-order valence-corrected chi connectivity index (χ1v) is 10.1. The van der Waals surface area contributed by atoms with Crippen molar-refractivity contribution in [3.63, 3.8) is 0 Å². The van der Waals surface area contributed by atoms with Crippen LogP contribution in [0, 0.1) is 12.3 Å². The number of fused-ring (bicyclic) bond motifs is 2. The van der Waals surface area contributed by atoms with E-state index in [1.54, 1.807) is 12.4 Å². The maximum absolute atomic E-state index is 13.0. The molecule has 0 bridgehead atoms. The van der Waals surface area contributed by atoms with E-state index in [-0.39, 0.29) is 11.8 Å². The molecule has 0 radical (unpaired) electrons. The molecule has 3 heterocycles. The Morgan fingerprint density at radius 2 is 1.87 bits per heavy atom. The molecule has 5 heteroatoms. The largest absolute Gasteiger partial charge is 0.346 e. The molecule has 1 N–H and O–H groups in total. The Kier molecular flexibility index (Phi) is 4.74. The minimum atomic E-state index is -0.117. The van der Waals surface area contributed by atoms with E-state index >= 15 is 0 Å². The summed E-state index contributed by atoms with van der Waals surface area (Å²) in [5.74, 6) is 2.54. The van der Waals surface area contributed by atoms with E-state index in [2.05, 4.69) is 15.9 Å². The molecule has 0 aliphatic rings. The normalized spacial score (nSPS) is 11.0. The van der Waals surface area contributed by atoms with Crippen LogP contribution in [0.15, 0.2) is 77.9 Å².